The van der Waals surface area contributed by atoms with E-state index in [9.17, 15) is 9.18 Å². The largest absolute Gasteiger partial charge is 0.379 e. The average molecular weight is 286 g/mol. The van der Waals surface area contributed by atoms with Crippen LogP contribution in [0.1, 0.15) is 31.0 Å². The highest BCUT2D eigenvalue weighted by molar-refractivity contribution is 5.89. The third kappa shape index (κ3) is 4.05. The summed E-state index contributed by atoms with van der Waals surface area (Å²) >= 11 is 0. The SMILES string of the molecule is CC(=O)Nc1ccc(NC(C)c2ccc(F)cc2)cc1C. The summed E-state index contributed by atoms with van der Waals surface area (Å²) < 4.78 is 12.9. The van der Waals surface area contributed by atoms with Crippen LogP contribution < -0.4 is 10.6 Å². The van der Waals surface area contributed by atoms with Crippen molar-refractivity contribution in [1.82, 2.24) is 0 Å². The van der Waals surface area contributed by atoms with Crippen LogP contribution in [0.4, 0.5) is 15.8 Å². The average Bonchev–Trinajstić information content (AvgIpc) is 2.42. The molecule has 0 saturated carbocycles. The van der Waals surface area contributed by atoms with Gasteiger partial charge in [0.2, 0.25) is 5.91 Å². The molecular formula is C17H19FN2O. The Morgan fingerprint density at radius 2 is 1.81 bits per heavy atom. The number of rotatable bonds is 4. The van der Waals surface area contributed by atoms with Crippen molar-refractivity contribution in [2.75, 3.05) is 10.6 Å². The van der Waals surface area contributed by atoms with Gasteiger partial charge in [0.25, 0.3) is 0 Å². The molecule has 0 radical (unpaired) electrons. The quantitative estimate of drug-likeness (QED) is 0.881. The summed E-state index contributed by atoms with van der Waals surface area (Å²) in [6.45, 7) is 5.45. The second-order valence-corrected chi connectivity index (χ2v) is 5.13. The Labute approximate surface area is 124 Å². The van der Waals surface area contributed by atoms with Gasteiger partial charge in [0.15, 0.2) is 0 Å². The van der Waals surface area contributed by atoms with Gasteiger partial charge in [-0.05, 0) is 55.3 Å². The van der Waals surface area contributed by atoms with E-state index in [-0.39, 0.29) is 17.8 Å². The first-order valence-electron chi connectivity index (χ1n) is 6.86. The van der Waals surface area contributed by atoms with Crippen LogP contribution in [0.15, 0.2) is 42.5 Å². The van der Waals surface area contributed by atoms with Gasteiger partial charge in [-0.2, -0.15) is 0 Å². The van der Waals surface area contributed by atoms with Crippen molar-refractivity contribution in [3.8, 4) is 0 Å². The minimum Gasteiger partial charge on any atom is -0.379 e. The van der Waals surface area contributed by atoms with Crippen LogP contribution in [0.2, 0.25) is 0 Å². The Bertz CT molecular complexity index is 638. The number of halogens is 1. The lowest BCUT2D eigenvalue weighted by Gasteiger charge is -2.17. The van der Waals surface area contributed by atoms with Gasteiger partial charge in [-0.1, -0.05) is 12.1 Å². The first-order valence-corrected chi connectivity index (χ1v) is 6.86. The summed E-state index contributed by atoms with van der Waals surface area (Å²) in [5.74, 6) is -0.319. The molecule has 0 fully saturated rings. The van der Waals surface area contributed by atoms with Gasteiger partial charge in [-0.3, -0.25) is 4.79 Å². The van der Waals surface area contributed by atoms with Crippen molar-refractivity contribution in [2.45, 2.75) is 26.8 Å². The maximum Gasteiger partial charge on any atom is 0.221 e. The number of nitrogens with one attached hydrogen (secondary N) is 2. The molecule has 1 unspecified atom stereocenters. The van der Waals surface area contributed by atoms with Crippen molar-refractivity contribution >= 4 is 17.3 Å². The molecule has 2 aromatic carbocycles. The molecule has 0 aromatic heterocycles. The molecule has 2 rings (SSSR count). The lowest BCUT2D eigenvalue weighted by Crippen LogP contribution is -2.09. The number of benzene rings is 2. The number of hydrogen-bond donors (Lipinski definition) is 2. The fourth-order valence-electron chi connectivity index (χ4n) is 2.17. The summed E-state index contributed by atoms with van der Waals surface area (Å²) in [7, 11) is 0. The van der Waals surface area contributed by atoms with Crippen LogP contribution in [0.3, 0.4) is 0 Å². The summed E-state index contributed by atoms with van der Waals surface area (Å²) in [6, 6.07) is 12.3. The molecule has 0 spiro atoms. The van der Waals surface area contributed by atoms with Crippen LogP contribution in [-0.4, -0.2) is 5.91 Å². The molecule has 1 amide bonds. The molecule has 21 heavy (non-hydrogen) atoms. The van der Waals surface area contributed by atoms with Crippen molar-refractivity contribution in [2.24, 2.45) is 0 Å². The zero-order chi connectivity index (χ0) is 15.4. The van der Waals surface area contributed by atoms with E-state index in [2.05, 4.69) is 10.6 Å². The Morgan fingerprint density at radius 1 is 1.14 bits per heavy atom. The lowest BCUT2D eigenvalue weighted by molar-refractivity contribution is -0.114. The first-order chi connectivity index (χ1) is 9.95. The second kappa shape index (κ2) is 6.39. The molecule has 2 aromatic rings. The van der Waals surface area contributed by atoms with Crippen molar-refractivity contribution in [3.05, 3.63) is 59.4 Å². The number of anilines is 2. The van der Waals surface area contributed by atoms with Crippen LogP contribution >= 0.6 is 0 Å². The van der Waals surface area contributed by atoms with Crippen LogP contribution in [-0.2, 0) is 4.79 Å². The molecule has 3 nitrogen and oxygen atoms in total. The Balaban J connectivity index is 2.10. The van der Waals surface area contributed by atoms with Crippen molar-refractivity contribution in [1.29, 1.82) is 0 Å². The van der Waals surface area contributed by atoms with E-state index >= 15 is 0 Å². The minimum atomic E-state index is -0.235. The maximum atomic E-state index is 12.9. The van der Waals surface area contributed by atoms with E-state index in [1.165, 1.54) is 19.1 Å². The van der Waals surface area contributed by atoms with Gasteiger partial charge >= 0.3 is 0 Å². The number of carbonyl (C=O) groups is 1. The fourth-order valence-corrected chi connectivity index (χ4v) is 2.17. The molecule has 1 atom stereocenters. The Morgan fingerprint density at radius 3 is 2.38 bits per heavy atom. The molecule has 0 heterocycles. The van der Waals surface area contributed by atoms with Gasteiger partial charge in [-0.15, -0.1) is 0 Å². The topological polar surface area (TPSA) is 41.1 Å². The van der Waals surface area contributed by atoms with Crippen molar-refractivity contribution < 1.29 is 9.18 Å². The van der Waals surface area contributed by atoms with Gasteiger partial charge in [0.1, 0.15) is 5.82 Å². The van der Waals surface area contributed by atoms with Crippen LogP contribution in [0, 0.1) is 12.7 Å². The highest BCUT2D eigenvalue weighted by atomic mass is 19.1. The zero-order valence-electron chi connectivity index (χ0n) is 12.4. The molecule has 0 bridgehead atoms. The molecule has 0 saturated heterocycles. The van der Waals surface area contributed by atoms with E-state index < -0.39 is 0 Å². The van der Waals surface area contributed by atoms with Crippen LogP contribution in [0.5, 0.6) is 0 Å². The molecule has 2 N–H and O–H groups in total. The third-order valence-corrected chi connectivity index (χ3v) is 3.29. The van der Waals surface area contributed by atoms with Gasteiger partial charge in [0, 0.05) is 24.3 Å². The summed E-state index contributed by atoms with van der Waals surface area (Å²) in [6.07, 6.45) is 0. The number of amides is 1. The molecule has 0 aliphatic carbocycles. The van der Waals surface area contributed by atoms with E-state index in [0.717, 1.165) is 22.5 Å². The number of carbonyl (C=O) groups excluding carboxylic acids is 1. The first kappa shape index (κ1) is 15.0. The smallest absolute Gasteiger partial charge is 0.221 e. The van der Waals surface area contributed by atoms with Gasteiger partial charge < -0.3 is 10.6 Å². The summed E-state index contributed by atoms with van der Waals surface area (Å²) in [5.41, 5.74) is 3.77. The molecule has 0 aliphatic heterocycles. The van der Waals surface area contributed by atoms with Crippen LogP contribution in [0.25, 0.3) is 0 Å². The van der Waals surface area contributed by atoms with E-state index in [0.29, 0.717) is 0 Å². The van der Waals surface area contributed by atoms with E-state index in [4.69, 9.17) is 0 Å². The van der Waals surface area contributed by atoms with Crippen molar-refractivity contribution in [3.63, 3.8) is 0 Å². The molecule has 0 aliphatic rings. The second-order valence-electron chi connectivity index (χ2n) is 5.13. The minimum absolute atomic E-state index is 0.0663. The fraction of sp³-hybridized carbons (Fsp3) is 0.235. The standard InChI is InChI=1S/C17H19FN2O/c1-11-10-16(8-9-17(11)20-13(3)21)19-12(2)14-4-6-15(18)7-5-14/h4-10,12,19H,1-3H3,(H,20,21). The van der Waals surface area contributed by atoms with Gasteiger partial charge in [-0.25, -0.2) is 4.39 Å². The normalized spacial score (nSPS) is 11.8. The summed E-state index contributed by atoms with van der Waals surface area (Å²) in [4.78, 5) is 11.1. The Kier molecular flexibility index (Phi) is 4.58. The third-order valence-electron chi connectivity index (χ3n) is 3.29. The van der Waals surface area contributed by atoms with Gasteiger partial charge in [0.05, 0.1) is 0 Å². The predicted octanol–water partition coefficient (Wildman–Crippen LogP) is 4.27. The zero-order valence-corrected chi connectivity index (χ0v) is 12.4. The maximum absolute atomic E-state index is 12.9. The number of hydrogen-bond acceptors (Lipinski definition) is 2. The highest BCUT2D eigenvalue weighted by Gasteiger charge is 2.07. The molecular weight excluding hydrogens is 267 g/mol. The Hall–Kier alpha value is -2.36. The monoisotopic (exact) mass is 286 g/mol. The highest BCUT2D eigenvalue weighted by Crippen LogP contribution is 2.24. The predicted molar refractivity (Wildman–Crippen MR) is 83.9 cm³/mol. The number of aryl methyl sites for hydroxylation is 1. The molecule has 110 valence electrons. The summed E-state index contributed by atoms with van der Waals surface area (Å²) in [5, 5.41) is 6.15. The lowest BCUT2D eigenvalue weighted by atomic mass is 10.1. The molecule has 4 heteroatoms. The van der Waals surface area contributed by atoms with E-state index in [1.807, 2.05) is 32.0 Å². The van der Waals surface area contributed by atoms with E-state index in [1.54, 1.807) is 12.1 Å².